The first kappa shape index (κ1) is 22.5. The minimum absolute atomic E-state index is 0.0798. The maximum atomic E-state index is 13.0. The predicted octanol–water partition coefficient (Wildman–Crippen LogP) is 2.91. The number of amides is 2. The minimum atomic E-state index is -0.459. The Bertz CT molecular complexity index is 1230. The van der Waals surface area contributed by atoms with E-state index in [4.69, 9.17) is 5.73 Å². The van der Waals surface area contributed by atoms with E-state index in [0.717, 1.165) is 36.1 Å². The van der Waals surface area contributed by atoms with Crippen molar-refractivity contribution in [3.05, 3.63) is 99.5 Å². The third-order valence-electron chi connectivity index (χ3n) is 6.03. The number of anilines is 1. The summed E-state index contributed by atoms with van der Waals surface area (Å²) in [6.07, 6.45) is 3.34. The van der Waals surface area contributed by atoms with Crippen LogP contribution >= 0.6 is 0 Å². The molecule has 0 aliphatic carbocycles. The highest BCUT2D eigenvalue weighted by atomic mass is 16.2. The van der Waals surface area contributed by atoms with Gasteiger partial charge in [0.05, 0.1) is 12.6 Å². The van der Waals surface area contributed by atoms with Crippen LogP contribution in [0.5, 0.6) is 0 Å². The molecule has 3 N–H and O–H groups in total. The van der Waals surface area contributed by atoms with Crippen LogP contribution in [0.3, 0.4) is 0 Å². The molecule has 4 rings (SSSR count). The predicted molar refractivity (Wildman–Crippen MR) is 128 cm³/mol. The minimum Gasteiger partial charge on any atom is -0.368 e. The lowest BCUT2D eigenvalue weighted by Crippen LogP contribution is -2.39. The van der Waals surface area contributed by atoms with Gasteiger partial charge in [-0.1, -0.05) is 48.0 Å². The van der Waals surface area contributed by atoms with Gasteiger partial charge in [-0.3, -0.25) is 19.3 Å². The smallest absolute Gasteiger partial charge is 0.263 e. The van der Waals surface area contributed by atoms with Gasteiger partial charge in [-0.25, -0.2) is 0 Å². The molecule has 170 valence electrons. The van der Waals surface area contributed by atoms with E-state index in [-0.39, 0.29) is 23.1 Å². The van der Waals surface area contributed by atoms with E-state index in [2.05, 4.69) is 5.32 Å². The molecule has 1 aromatic heterocycles. The Balaban J connectivity index is 1.53. The number of hydrogen-bond donors (Lipinski definition) is 2. The summed E-state index contributed by atoms with van der Waals surface area (Å²) in [5.41, 5.74) is 8.87. The fourth-order valence-electron chi connectivity index (χ4n) is 4.37. The van der Waals surface area contributed by atoms with Crippen molar-refractivity contribution in [1.29, 1.82) is 0 Å². The summed E-state index contributed by atoms with van der Waals surface area (Å²) in [5, 5.41) is 2.89. The number of hydrogen-bond acceptors (Lipinski definition) is 4. The van der Waals surface area contributed by atoms with Crippen LogP contribution in [0.4, 0.5) is 5.69 Å². The van der Waals surface area contributed by atoms with E-state index in [1.54, 1.807) is 18.3 Å². The van der Waals surface area contributed by atoms with Crippen molar-refractivity contribution < 1.29 is 9.59 Å². The molecule has 0 bridgehead atoms. The highest BCUT2D eigenvalue weighted by Crippen LogP contribution is 2.24. The summed E-state index contributed by atoms with van der Waals surface area (Å²) in [6.45, 7) is 3.66. The quantitative estimate of drug-likeness (QED) is 0.586. The van der Waals surface area contributed by atoms with Gasteiger partial charge in [-0.2, -0.15) is 0 Å². The number of aryl methyl sites for hydroxylation is 1. The van der Waals surface area contributed by atoms with Crippen LogP contribution in [0.25, 0.3) is 0 Å². The second-order valence-electron chi connectivity index (χ2n) is 8.49. The zero-order valence-electron chi connectivity index (χ0n) is 18.7. The van der Waals surface area contributed by atoms with E-state index >= 15 is 0 Å². The molecule has 1 aliphatic rings. The molecule has 7 nitrogen and oxygen atoms in total. The van der Waals surface area contributed by atoms with Crippen LogP contribution in [0, 0.1) is 6.92 Å². The van der Waals surface area contributed by atoms with E-state index < -0.39 is 5.91 Å². The first-order chi connectivity index (χ1) is 15.9. The second-order valence-corrected chi connectivity index (χ2v) is 8.49. The third-order valence-corrected chi connectivity index (χ3v) is 6.03. The monoisotopic (exact) mass is 444 g/mol. The molecule has 1 saturated heterocycles. The summed E-state index contributed by atoms with van der Waals surface area (Å²) < 4.78 is 1.54. The van der Waals surface area contributed by atoms with Crippen molar-refractivity contribution in [2.45, 2.75) is 38.9 Å². The van der Waals surface area contributed by atoms with Gasteiger partial charge >= 0.3 is 0 Å². The number of nitrogens with one attached hydrogen (secondary N) is 1. The number of pyridine rings is 1. The number of nitrogens with two attached hydrogens (primary N) is 1. The number of benzene rings is 2. The number of rotatable bonds is 7. The van der Waals surface area contributed by atoms with E-state index in [0.29, 0.717) is 18.8 Å². The Morgan fingerprint density at radius 1 is 1.06 bits per heavy atom. The molecule has 2 heterocycles. The van der Waals surface area contributed by atoms with Crippen LogP contribution in [-0.2, 0) is 17.9 Å². The molecule has 0 spiro atoms. The van der Waals surface area contributed by atoms with Crippen molar-refractivity contribution in [2.24, 2.45) is 5.73 Å². The topological polar surface area (TPSA) is 97.4 Å². The number of aromatic nitrogens is 1. The Hall–Kier alpha value is -3.71. The van der Waals surface area contributed by atoms with Gasteiger partial charge in [0.15, 0.2) is 0 Å². The first-order valence-electron chi connectivity index (χ1n) is 11.1. The average molecular weight is 445 g/mol. The number of primary amides is 1. The Morgan fingerprint density at radius 2 is 1.88 bits per heavy atom. The average Bonchev–Trinajstić information content (AvgIpc) is 3.25. The first-order valence-corrected chi connectivity index (χ1v) is 11.1. The van der Waals surface area contributed by atoms with E-state index in [1.165, 1.54) is 10.6 Å². The highest BCUT2D eigenvalue weighted by Gasteiger charge is 2.29. The highest BCUT2D eigenvalue weighted by molar-refractivity contribution is 6.04. The normalized spacial score (nSPS) is 16.0. The molecule has 0 saturated carbocycles. The second kappa shape index (κ2) is 9.83. The molecule has 7 heteroatoms. The van der Waals surface area contributed by atoms with Gasteiger partial charge in [-0.05, 0) is 55.6 Å². The Morgan fingerprint density at radius 3 is 2.67 bits per heavy atom. The molecule has 1 aliphatic heterocycles. The summed E-state index contributed by atoms with van der Waals surface area (Å²) in [7, 11) is 0. The lowest BCUT2D eigenvalue weighted by atomic mass is 10.1. The molecule has 2 aromatic carbocycles. The fourth-order valence-corrected chi connectivity index (χ4v) is 4.37. The van der Waals surface area contributed by atoms with Crippen molar-refractivity contribution in [3.8, 4) is 0 Å². The summed E-state index contributed by atoms with van der Waals surface area (Å²) in [4.78, 5) is 39.8. The maximum absolute atomic E-state index is 13.0. The fraction of sp³-hybridized carbons (Fsp3) is 0.269. The van der Waals surface area contributed by atoms with Crippen molar-refractivity contribution in [1.82, 2.24) is 9.47 Å². The lowest BCUT2D eigenvalue weighted by Gasteiger charge is -2.23. The Labute approximate surface area is 192 Å². The number of carbonyl (C=O) groups is 2. The summed E-state index contributed by atoms with van der Waals surface area (Å²) in [6, 6.07) is 18.3. The lowest BCUT2D eigenvalue weighted by molar-refractivity contribution is -0.122. The largest absolute Gasteiger partial charge is 0.368 e. The SMILES string of the molecule is Cc1cccc(Cn2cccc(C(=O)Nc3ccccc3CN3CCCC3C(N)=O)c2=O)c1. The molecule has 1 atom stereocenters. The van der Waals surface area contributed by atoms with Crippen LogP contribution in [0.15, 0.2) is 71.7 Å². The molecular weight excluding hydrogens is 416 g/mol. The van der Waals surface area contributed by atoms with Crippen molar-refractivity contribution >= 4 is 17.5 Å². The van der Waals surface area contributed by atoms with Crippen LogP contribution in [-0.4, -0.2) is 33.9 Å². The zero-order chi connectivity index (χ0) is 23.4. The van der Waals surface area contributed by atoms with Crippen molar-refractivity contribution in [3.63, 3.8) is 0 Å². The number of carbonyl (C=O) groups excluding carboxylic acids is 2. The summed E-state index contributed by atoms with van der Waals surface area (Å²) in [5.74, 6) is -0.786. The molecule has 3 aromatic rings. The van der Waals surface area contributed by atoms with Gasteiger partial charge in [0.25, 0.3) is 11.5 Å². The molecule has 33 heavy (non-hydrogen) atoms. The van der Waals surface area contributed by atoms with Crippen LogP contribution in [0.1, 0.15) is 39.9 Å². The van der Waals surface area contributed by atoms with Crippen LogP contribution < -0.4 is 16.6 Å². The standard InChI is InChI=1S/C26H28N4O3/c1-18-7-4-8-19(15-18)16-30-14-5-10-21(26(30)33)25(32)28-22-11-3-2-9-20(22)17-29-13-6-12-23(29)24(27)31/h2-5,7-11,14-15,23H,6,12-13,16-17H2,1H3,(H2,27,31)(H,28,32). The van der Waals surface area contributed by atoms with Gasteiger partial charge in [0.1, 0.15) is 5.56 Å². The number of para-hydroxylation sites is 1. The maximum Gasteiger partial charge on any atom is 0.263 e. The molecule has 1 unspecified atom stereocenters. The Kier molecular flexibility index (Phi) is 6.70. The molecule has 2 amide bonds. The van der Waals surface area contributed by atoms with E-state index in [1.807, 2.05) is 54.3 Å². The van der Waals surface area contributed by atoms with Gasteiger partial charge in [0.2, 0.25) is 5.91 Å². The van der Waals surface area contributed by atoms with E-state index in [9.17, 15) is 14.4 Å². The van der Waals surface area contributed by atoms with Gasteiger partial charge < -0.3 is 15.6 Å². The number of nitrogens with zero attached hydrogens (tertiary/aromatic N) is 2. The third kappa shape index (κ3) is 5.21. The molecule has 1 fully saturated rings. The zero-order valence-corrected chi connectivity index (χ0v) is 18.7. The molecular formula is C26H28N4O3. The van der Waals surface area contributed by atoms with Crippen LogP contribution in [0.2, 0.25) is 0 Å². The summed E-state index contributed by atoms with van der Waals surface area (Å²) >= 11 is 0. The van der Waals surface area contributed by atoms with Crippen molar-refractivity contribution in [2.75, 3.05) is 11.9 Å². The number of likely N-dealkylation sites (tertiary alicyclic amines) is 1. The molecule has 0 radical (unpaired) electrons. The van der Waals surface area contributed by atoms with Gasteiger partial charge in [-0.15, -0.1) is 0 Å². The van der Waals surface area contributed by atoms with Gasteiger partial charge in [0, 0.05) is 18.4 Å².